The van der Waals surface area contributed by atoms with E-state index >= 15 is 0 Å². The second-order valence-corrected chi connectivity index (χ2v) is 10.00. The van der Waals surface area contributed by atoms with Gasteiger partial charge in [0.2, 0.25) is 11.8 Å². The molecule has 3 unspecified atom stereocenters. The van der Waals surface area contributed by atoms with Crippen LogP contribution in [0.1, 0.15) is 44.7 Å². The molecule has 6 nitrogen and oxygen atoms in total. The number of amides is 2. The van der Waals surface area contributed by atoms with E-state index in [1.54, 1.807) is 0 Å². The van der Waals surface area contributed by atoms with Crippen molar-refractivity contribution in [3.05, 3.63) is 35.9 Å². The number of likely N-dealkylation sites (tertiary alicyclic amines) is 2. The third-order valence-electron chi connectivity index (χ3n) is 7.05. The fraction of sp³-hybridized carbons (Fsp3) is 0.680. The maximum atomic E-state index is 12.7. The Kier molecular flexibility index (Phi) is 7.28. The molecule has 3 fully saturated rings. The molecular formula is C25H37N3O3. The number of benzene rings is 1. The summed E-state index contributed by atoms with van der Waals surface area (Å²) in [7, 11) is 0. The SMILES string of the molecule is CC(C)CC(=O)N1CC2CN(CC[C@H](NC(=O)C3CCOC3)c3ccccc3)CC2C1. The molecule has 3 heterocycles. The van der Waals surface area contributed by atoms with Gasteiger partial charge in [0, 0.05) is 45.8 Å². The van der Waals surface area contributed by atoms with Crippen LogP contribution in [-0.4, -0.2) is 67.6 Å². The highest BCUT2D eigenvalue weighted by Crippen LogP contribution is 2.32. The average Bonchev–Trinajstić information content (AvgIpc) is 3.47. The fourth-order valence-electron chi connectivity index (χ4n) is 5.30. The van der Waals surface area contributed by atoms with E-state index in [1.165, 1.54) is 5.56 Å². The van der Waals surface area contributed by atoms with Crippen molar-refractivity contribution in [1.29, 1.82) is 0 Å². The number of nitrogens with one attached hydrogen (secondary N) is 1. The molecule has 170 valence electrons. The van der Waals surface area contributed by atoms with Crippen LogP contribution in [0.4, 0.5) is 0 Å². The smallest absolute Gasteiger partial charge is 0.226 e. The van der Waals surface area contributed by atoms with Crippen LogP contribution in [0.15, 0.2) is 30.3 Å². The van der Waals surface area contributed by atoms with E-state index in [0.717, 1.165) is 45.6 Å². The lowest BCUT2D eigenvalue weighted by molar-refractivity contribution is -0.131. The Hall–Kier alpha value is -1.92. The first kappa shape index (κ1) is 22.3. The Labute approximate surface area is 186 Å². The predicted molar refractivity (Wildman–Crippen MR) is 120 cm³/mol. The molecule has 2 amide bonds. The number of hydrogen-bond donors (Lipinski definition) is 1. The van der Waals surface area contributed by atoms with Gasteiger partial charge in [0.05, 0.1) is 18.6 Å². The molecule has 0 saturated carbocycles. The number of rotatable bonds is 8. The van der Waals surface area contributed by atoms with Crippen molar-refractivity contribution in [2.24, 2.45) is 23.7 Å². The van der Waals surface area contributed by atoms with Crippen LogP contribution in [0.2, 0.25) is 0 Å². The number of fused-ring (bicyclic) bond motifs is 1. The quantitative estimate of drug-likeness (QED) is 0.693. The van der Waals surface area contributed by atoms with Crippen LogP contribution in [0.3, 0.4) is 0 Å². The van der Waals surface area contributed by atoms with E-state index in [2.05, 4.69) is 41.1 Å². The van der Waals surface area contributed by atoms with Crippen LogP contribution in [-0.2, 0) is 14.3 Å². The average molecular weight is 428 g/mol. The van der Waals surface area contributed by atoms with Crippen molar-refractivity contribution in [3.63, 3.8) is 0 Å². The highest BCUT2D eigenvalue weighted by Gasteiger charge is 2.41. The van der Waals surface area contributed by atoms with E-state index in [0.29, 0.717) is 43.3 Å². The lowest BCUT2D eigenvalue weighted by Gasteiger charge is -2.25. The lowest BCUT2D eigenvalue weighted by Crippen LogP contribution is -2.37. The van der Waals surface area contributed by atoms with Crippen LogP contribution in [0.5, 0.6) is 0 Å². The summed E-state index contributed by atoms with van der Waals surface area (Å²) in [5.74, 6) is 2.02. The number of hydrogen-bond acceptors (Lipinski definition) is 4. The predicted octanol–water partition coefficient (Wildman–Crippen LogP) is 2.71. The van der Waals surface area contributed by atoms with E-state index in [9.17, 15) is 9.59 Å². The molecule has 6 heteroatoms. The fourth-order valence-corrected chi connectivity index (χ4v) is 5.30. The molecule has 1 aromatic rings. The molecule has 3 saturated heterocycles. The normalized spacial score (nSPS) is 26.9. The van der Waals surface area contributed by atoms with E-state index in [1.807, 2.05) is 18.2 Å². The summed E-state index contributed by atoms with van der Waals surface area (Å²) in [5, 5.41) is 3.29. The standard InChI is InChI=1S/C25H37N3O3/c1-18(2)12-24(29)28-15-21-13-27(14-22(21)16-28)10-8-23(19-6-4-3-5-7-19)26-25(30)20-9-11-31-17-20/h3-7,18,20-23H,8-17H2,1-2H3,(H,26,30)/t20?,21?,22?,23-/m0/s1. The first-order chi connectivity index (χ1) is 15.0. The van der Waals surface area contributed by atoms with E-state index in [4.69, 9.17) is 4.74 Å². The molecule has 3 aliphatic heterocycles. The summed E-state index contributed by atoms with van der Waals surface area (Å²) < 4.78 is 5.40. The minimum absolute atomic E-state index is 0.0216. The van der Waals surface area contributed by atoms with Gasteiger partial charge in [-0.3, -0.25) is 9.59 Å². The Morgan fingerprint density at radius 1 is 1.10 bits per heavy atom. The summed E-state index contributed by atoms with van der Waals surface area (Å²) in [4.78, 5) is 29.7. The van der Waals surface area contributed by atoms with Gasteiger partial charge in [0.25, 0.3) is 0 Å². The summed E-state index contributed by atoms with van der Waals surface area (Å²) in [6.07, 6.45) is 2.38. The van der Waals surface area contributed by atoms with Gasteiger partial charge in [0.1, 0.15) is 0 Å². The molecular weight excluding hydrogens is 390 g/mol. The molecule has 0 spiro atoms. The van der Waals surface area contributed by atoms with E-state index in [-0.39, 0.29) is 17.9 Å². The van der Waals surface area contributed by atoms with Gasteiger partial charge in [-0.25, -0.2) is 0 Å². The van der Waals surface area contributed by atoms with Crippen LogP contribution in [0.25, 0.3) is 0 Å². The topological polar surface area (TPSA) is 61.9 Å². The van der Waals surface area contributed by atoms with Crippen molar-refractivity contribution in [2.45, 2.75) is 39.2 Å². The highest BCUT2D eigenvalue weighted by molar-refractivity contribution is 5.79. The minimum Gasteiger partial charge on any atom is -0.381 e. The Balaban J connectivity index is 1.29. The van der Waals surface area contributed by atoms with Crippen molar-refractivity contribution >= 4 is 11.8 Å². The molecule has 1 aromatic carbocycles. The summed E-state index contributed by atoms with van der Waals surface area (Å²) in [6, 6.07) is 10.3. The van der Waals surface area contributed by atoms with Gasteiger partial charge in [-0.1, -0.05) is 44.2 Å². The van der Waals surface area contributed by atoms with E-state index < -0.39 is 0 Å². The monoisotopic (exact) mass is 427 g/mol. The third kappa shape index (κ3) is 5.66. The van der Waals surface area contributed by atoms with Crippen LogP contribution < -0.4 is 5.32 Å². The maximum absolute atomic E-state index is 12.7. The Morgan fingerprint density at radius 2 is 1.81 bits per heavy atom. The van der Waals surface area contributed by atoms with Gasteiger partial charge >= 0.3 is 0 Å². The first-order valence-corrected chi connectivity index (χ1v) is 11.9. The number of nitrogens with zero attached hydrogens (tertiary/aromatic N) is 2. The van der Waals surface area contributed by atoms with Crippen molar-refractivity contribution in [1.82, 2.24) is 15.1 Å². The first-order valence-electron chi connectivity index (χ1n) is 11.9. The molecule has 0 aromatic heterocycles. The molecule has 4 atom stereocenters. The van der Waals surface area contributed by atoms with Gasteiger partial charge in [-0.05, 0) is 36.2 Å². The number of carbonyl (C=O) groups is 2. The molecule has 0 bridgehead atoms. The second kappa shape index (κ2) is 10.1. The van der Waals surface area contributed by atoms with Crippen molar-refractivity contribution in [3.8, 4) is 0 Å². The summed E-state index contributed by atoms with van der Waals surface area (Å²) in [5.41, 5.74) is 1.17. The largest absolute Gasteiger partial charge is 0.381 e. The molecule has 3 aliphatic rings. The zero-order valence-corrected chi connectivity index (χ0v) is 19.0. The zero-order valence-electron chi connectivity index (χ0n) is 19.0. The van der Waals surface area contributed by atoms with Gasteiger partial charge in [0.15, 0.2) is 0 Å². The number of carbonyl (C=O) groups excluding carboxylic acids is 2. The molecule has 0 radical (unpaired) electrons. The zero-order chi connectivity index (χ0) is 21.8. The summed E-state index contributed by atoms with van der Waals surface area (Å²) >= 11 is 0. The van der Waals surface area contributed by atoms with Crippen LogP contribution in [0, 0.1) is 23.7 Å². The van der Waals surface area contributed by atoms with Gasteiger partial charge in [-0.2, -0.15) is 0 Å². The Bertz CT molecular complexity index is 734. The molecule has 31 heavy (non-hydrogen) atoms. The summed E-state index contributed by atoms with van der Waals surface area (Å²) in [6.45, 7) is 10.3. The third-order valence-corrected chi connectivity index (χ3v) is 7.05. The molecule has 1 N–H and O–H groups in total. The van der Waals surface area contributed by atoms with Crippen LogP contribution >= 0.6 is 0 Å². The van der Waals surface area contributed by atoms with Crippen molar-refractivity contribution in [2.75, 3.05) is 45.9 Å². The lowest BCUT2D eigenvalue weighted by atomic mass is 10.0. The van der Waals surface area contributed by atoms with Crippen molar-refractivity contribution < 1.29 is 14.3 Å². The molecule has 4 rings (SSSR count). The number of ether oxygens (including phenoxy) is 1. The highest BCUT2D eigenvalue weighted by atomic mass is 16.5. The Morgan fingerprint density at radius 3 is 2.42 bits per heavy atom. The van der Waals surface area contributed by atoms with Gasteiger partial charge < -0.3 is 19.9 Å². The second-order valence-electron chi connectivity index (χ2n) is 10.00. The minimum atomic E-state index is -0.0216. The maximum Gasteiger partial charge on any atom is 0.226 e. The molecule has 0 aliphatic carbocycles. The van der Waals surface area contributed by atoms with Gasteiger partial charge in [-0.15, -0.1) is 0 Å².